The van der Waals surface area contributed by atoms with Crippen molar-refractivity contribution in [1.29, 1.82) is 0 Å². The average Bonchev–Trinajstić information content (AvgIpc) is 2.12. The Morgan fingerprint density at radius 1 is 1.38 bits per heavy atom. The lowest BCUT2D eigenvalue weighted by Gasteiger charge is -2.11. The summed E-state index contributed by atoms with van der Waals surface area (Å²) in [6.45, 7) is 3.64. The van der Waals surface area contributed by atoms with Crippen molar-refractivity contribution in [2.24, 2.45) is 0 Å². The molecule has 1 aromatic rings. The summed E-state index contributed by atoms with van der Waals surface area (Å²) in [6.07, 6.45) is 0. The molecule has 0 radical (unpaired) electrons. The summed E-state index contributed by atoms with van der Waals surface area (Å²) >= 11 is 1.74. The summed E-state index contributed by atoms with van der Waals surface area (Å²) in [5, 5.41) is 9.68. The Kier molecular flexibility index (Phi) is 3.24. The van der Waals surface area contributed by atoms with E-state index in [4.69, 9.17) is 7.80 Å². The summed E-state index contributed by atoms with van der Waals surface area (Å²) in [5.41, 5.74) is 1.55. The van der Waals surface area contributed by atoms with Gasteiger partial charge in [0.25, 0.3) is 0 Å². The third-order valence-corrected chi connectivity index (χ3v) is 2.38. The van der Waals surface area contributed by atoms with E-state index in [1.165, 1.54) is 0 Å². The van der Waals surface area contributed by atoms with Crippen LogP contribution in [0.4, 0.5) is 0 Å². The van der Waals surface area contributed by atoms with Crippen LogP contribution in [0.5, 0.6) is 17.2 Å². The third-order valence-electron chi connectivity index (χ3n) is 1.94. The fourth-order valence-electron chi connectivity index (χ4n) is 1.15. The molecule has 1 rings (SSSR count). The van der Waals surface area contributed by atoms with Crippen molar-refractivity contribution in [3.8, 4) is 17.2 Å². The number of phenols is 1. The smallest absolute Gasteiger partial charge is 0.192 e. The zero-order valence-electron chi connectivity index (χ0n) is 7.72. The van der Waals surface area contributed by atoms with Gasteiger partial charge in [0.05, 0.1) is 7.11 Å². The fraction of sp³-hybridized carbons (Fsp3) is 0.333. The maximum Gasteiger partial charge on any atom is 0.192 e. The Labute approximate surface area is 91.4 Å². The van der Waals surface area contributed by atoms with E-state index in [2.05, 4.69) is 0 Å². The summed E-state index contributed by atoms with van der Waals surface area (Å²) in [5.74, 6) is 1.32. The van der Waals surface area contributed by atoms with Crippen molar-refractivity contribution in [2.45, 2.75) is 13.8 Å². The van der Waals surface area contributed by atoms with Gasteiger partial charge in [-0.2, -0.15) is 0 Å². The van der Waals surface area contributed by atoms with Gasteiger partial charge in [-0.15, -0.1) is 0 Å². The van der Waals surface area contributed by atoms with Crippen LogP contribution in [-0.2, 0) is 0 Å². The SMILES string of the molecule is COc1cc(C)c(OI)c(O)c1C. The van der Waals surface area contributed by atoms with Gasteiger partial charge in [-0.05, 0) is 25.5 Å². The second-order valence-electron chi connectivity index (χ2n) is 2.78. The molecule has 0 bridgehead atoms. The second kappa shape index (κ2) is 4.04. The highest BCUT2D eigenvalue weighted by Gasteiger charge is 2.13. The van der Waals surface area contributed by atoms with Crippen LogP contribution >= 0.6 is 23.0 Å². The molecular formula is C9H11IO3. The molecule has 13 heavy (non-hydrogen) atoms. The van der Waals surface area contributed by atoms with Crippen molar-refractivity contribution >= 4 is 23.0 Å². The predicted molar refractivity (Wildman–Crippen MR) is 58.8 cm³/mol. The topological polar surface area (TPSA) is 38.7 Å². The number of hydrogen-bond acceptors (Lipinski definition) is 3. The molecule has 0 fully saturated rings. The van der Waals surface area contributed by atoms with Gasteiger partial charge in [0, 0.05) is 5.56 Å². The fourth-order valence-corrected chi connectivity index (χ4v) is 1.71. The number of hydrogen-bond donors (Lipinski definition) is 1. The lowest BCUT2D eigenvalue weighted by Crippen LogP contribution is -1.91. The highest BCUT2D eigenvalue weighted by molar-refractivity contribution is 14.1. The molecule has 3 nitrogen and oxygen atoms in total. The summed E-state index contributed by atoms with van der Waals surface area (Å²) in [4.78, 5) is 0. The summed E-state index contributed by atoms with van der Waals surface area (Å²) < 4.78 is 10.1. The third kappa shape index (κ3) is 1.82. The Hall–Kier alpha value is -0.650. The zero-order valence-corrected chi connectivity index (χ0v) is 9.88. The van der Waals surface area contributed by atoms with Crippen LogP contribution in [0.25, 0.3) is 0 Å². The first-order valence-electron chi connectivity index (χ1n) is 3.77. The van der Waals surface area contributed by atoms with Crippen LogP contribution in [0.1, 0.15) is 11.1 Å². The van der Waals surface area contributed by atoms with Gasteiger partial charge < -0.3 is 12.9 Å². The quantitative estimate of drug-likeness (QED) is 0.852. The van der Waals surface area contributed by atoms with E-state index in [1.54, 1.807) is 37.0 Å². The Balaban J connectivity index is 3.37. The van der Waals surface area contributed by atoms with Crippen LogP contribution in [0.3, 0.4) is 0 Å². The van der Waals surface area contributed by atoms with Gasteiger partial charge in [0.15, 0.2) is 34.5 Å². The molecule has 1 N–H and O–H groups in total. The monoisotopic (exact) mass is 294 g/mol. The normalized spacial score (nSPS) is 9.85. The number of halogens is 1. The van der Waals surface area contributed by atoms with Gasteiger partial charge in [0.2, 0.25) is 0 Å². The van der Waals surface area contributed by atoms with Gasteiger partial charge in [-0.3, -0.25) is 0 Å². The van der Waals surface area contributed by atoms with Crippen LogP contribution in [-0.4, -0.2) is 12.2 Å². The minimum atomic E-state index is 0.145. The van der Waals surface area contributed by atoms with E-state index in [0.717, 1.165) is 5.56 Å². The Morgan fingerprint density at radius 2 is 2.00 bits per heavy atom. The van der Waals surface area contributed by atoms with Gasteiger partial charge in [-0.25, -0.2) is 0 Å². The molecule has 0 aliphatic carbocycles. The van der Waals surface area contributed by atoms with E-state index < -0.39 is 0 Å². The number of methoxy groups -OCH3 is 1. The number of rotatable bonds is 2. The summed E-state index contributed by atoms with van der Waals surface area (Å²) in [6, 6.07) is 1.84. The van der Waals surface area contributed by atoms with Gasteiger partial charge in [0.1, 0.15) is 5.75 Å². The minimum Gasteiger partial charge on any atom is -0.504 e. The van der Waals surface area contributed by atoms with E-state index in [0.29, 0.717) is 17.1 Å². The molecule has 72 valence electrons. The first-order chi connectivity index (χ1) is 6.11. The number of aromatic hydroxyl groups is 1. The average molecular weight is 294 g/mol. The highest BCUT2D eigenvalue weighted by Crippen LogP contribution is 2.39. The Bertz CT molecular complexity index is 323. The molecule has 0 spiro atoms. The van der Waals surface area contributed by atoms with Gasteiger partial charge >= 0.3 is 0 Å². The van der Waals surface area contributed by atoms with Crippen LogP contribution < -0.4 is 7.80 Å². The number of ether oxygens (including phenoxy) is 1. The maximum atomic E-state index is 9.68. The van der Waals surface area contributed by atoms with Crippen molar-refractivity contribution in [1.82, 2.24) is 0 Å². The summed E-state index contributed by atoms with van der Waals surface area (Å²) in [7, 11) is 1.58. The van der Waals surface area contributed by atoms with Crippen molar-refractivity contribution in [2.75, 3.05) is 7.11 Å². The molecule has 0 aromatic heterocycles. The zero-order chi connectivity index (χ0) is 10.0. The van der Waals surface area contributed by atoms with E-state index in [9.17, 15) is 5.11 Å². The van der Waals surface area contributed by atoms with Crippen LogP contribution in [0.2, 0.25) is 0 Å². The van der Waals surface area contributed by atoms with Crippen molar-refractivity contribution < 1.29 is 12.9 Å². The number of phenolic OH excluding ortho intramolecular Hbond substituents is 1. The first kappa shape index (κ1) is 10.4. The van der Waals surface area contributed by atoms with E-state index in [1.807, 2.05) is 13.0 Å². The van der Waals surface area contributed by atoms with Crippen LogP contribution in [0, 0.1) is 13.8 Å². The minimum absolute atomic E-state index is 0.145. The largest absolute Gasteiger partial charge is 0.504 e. The molecule has 0 aliphatic heterocycles. The highest BCUT2D eigenvalue weighted by atomic mass is 127. The molecular weight excluding hydrogens is 283 g/mol. The molecule has 0 saturated heterocycles. The lowest BCUT2D eigenvalue weighted by atomic mass is 10.1. The van der Waals surface area contributed by atoms with E-state index >= 15 is 0 Å². The molecule has 0 amide bonds. The molecule has 0 heterocycles. The van der Waals surface area contributed by atoms with Crippen molar-refractivity contribution in [3.05, 3.63) is 17.2 Å². The second-order valence-corrected chi connectivity index (χ2v) is 3.22. The molecule has 0 aliphatic rings. The first-order valence-corrected chi connectivity index (χ1v) is 4.65. The van der Waals surface area contributed by atoms with Crippen LogP contribution in [0.15, 0.2) is 6.07 Å². The number of aryl methyl sites for hydroxylation is 1. The molecule has 1 aromatic carbocycles. The van der Waals surface area contributed by atoms with E-state index in [-0.39, 0.29) is 5.75 Å². The van der Waals surface area contributed by atoms with Crippen molar-refractivity contribution in [3.63, 3.8) is 0 Å². The lowest BCUT2D eigenvalue weighted by molar-refractivity contribution is 0.398. The molecule has 0 unspecified atom stereocenters. The molecule has 4 heteroatoms. The maximum absolute atomic E-state index is 9.68. The Morgan fingerprint density at radius 3 is 2.46 bits per heavy atom. The predicted octanol–water partition coefficient (Wildman–Crippen LogP) is 2.75. The molecule has 0 saturated carbocycles. The standard InChI is InChI=1S/C9H11IO3/c1-5-4-7(12-3)6(2)8(11)9(5)13-10/h4,11H,1-3H3. The molecule has 0 atom stereocenters. The van der Waals surface area contributed by atoms with Gasteiger partial charge in [-0.1, -0.05) is 0 Å². The number of benzene rings is 1.